The third-order valence-corrected chi connectivity index (χ3v) is 3.09. The van der Waals surface area contributed by atoms with E-state index < -0.39 is 0 Å². The minimum atomic E-state index is -0.379. The van der Waals surface area contributed by atoms with Crippen LogP contribution >= 0.6 is 0 Å². The van der Waals surface area contributed by atoms with Gasteiger partial charge in [0.2, 0.25) is 0 Å². The van der Waals surface area contributed by atoms with E-state index in [9.17, 15) is 4.79 Å². The largest absolute Gasteiger partial charge is 0.445 e. The van der Waals surface area contributed by atoms with E-state index in [1.54, 1.807) is 0 Å². The number of alkyl carbamates (subject to hydrolysis) is 1. The summed E-state index contributed by atoms with van der Waals surface area (Å²) >= 11 is 0. The van der Waals surface area contributed by atoms with Crippen LogP contribution in [0.5, 0.6) is 0 Å². The topological polar surface area (TPSA) is 64.3 Å². The highest BCUT2D eigenvalue weighted by Crippen LogP contribution is 2.17. The molecule has 0 heterocycles. The molecule has 1 amide bonds. The average molecular weight is 234 g/mol. The Hall–Kier alpha value is -1.55. The van der Waals surface area contributed by atoms with Crippen molar-refractivity contribution < 1.29 is 9.53 Å². The van der Waals surface area contributed by atoms with Gasteiger partial charge in [0.1, 0.15) is 6.61 Å². The quantitative estimate of drug-likeness (QED) is 0.838. The minimum Gasteiger partial charge on any atom is -0.445 e. The van der Waals surface area contributed by atoms with Gasteiger partial charge in [0.15, 0.2) is 0 Å². The summed E-state index contributed by atoms with van der Waals surface area (Å²) in [4.78, 5) is 11.5. The molecular formula is C13H18N2O2. The molecule has 1 fully saturated rings. The maximum atomic E-state index is 11.5. The zero-order chi connectivity index (χ0) is 12.1. The van der Waals surface area contributed by atoms with Crippen molar-refractivity contribution in [3.8, 4) is 0 Å². The SMILES string of the molecule is NC1CCCC1NC(=O)OCc1ccccc1. The van der Waals surface area contributed by atoms with Crippen LogP contribution in [0, 0.1) is 0 Å². The summed E-state index contributed by atoms with van der Waals surface area (Å²) in [6.07, 6.45) is 2.62. The van der Waals surface area contributed by atoms with Gasteiger partial charge in [-0.15, -0.1) is 0 Å². The van der Waals surface area contributed by atoms with Crippen molar-refractivity contribution in [2.24, 2.45) is 5.73 Å². The molecule has 17 heavy (non-hydrogen) atoms. The number of nitrogens with two attached hydrogens (primary N) is 1. The zero-order valence-corrected chi connectivity index (χ0v) is 9.76. The third kappa shape index (κ3) is 3.46. The predicted molar refractivity (Wildman–Crippen MR) is 65.4 cm³/mol. The number of hydrogen-bond donors (Lipinski definition) is 2. The van der Waals surface area contributed by atoms with Gasteiger partial charge in [-0.1, -0.05) is 30.3 Å². The molecule has 2 unspecified atom stereocenters. The molecule has 2 rings (SSSR count). The molecule has 1 aliphatic carbocycles. The molecule has 1 aliphatic rings. The summed E-state index contributed by atoms with van der Waals surface area (Å²) in [6.45, 7) is 0.300. The molecular weight excluding hydrogens is 216 g/mol. The van der Waals surface area contributed by atoms with Gasteiger partial charge >= 0.3 is 6.09 Å². The first-order valence-corrected chi connectivity index (χ1v) is 5.98. The van der Waals surface area contributed by atoms with Crippen LogP contribution in [-0.4, -0.2) is 18.2 Å². The highest BCUT2D eigenvalue weighted by molar-refractivity contribution is 5.67. The maximum Gasteiger partial charge on any atom is 0.407 e. The molecule has 2 atom stereocenters. The summed E-state index contributed by atoms with van der Waals surface area (Å²) < 4.78 is 5.13. The predicted octanol–water partition coefficient (Wildman–Crippen LogP) is 1.79. The Balaban J connectivity index is 1.74. The van der Waals surface area contributed by atoms with Crippen molar-refractivity contribution in [1.29, 1.82) is 0 Å². The van der Waals surface area contributed by atoms with Crippen LogP contribution in [-0.2, 0) is 11.3 Å². The minimum absolute atomic E-state index is 0.0678. The Kier molecular flexibility index (Phi) is 3.98. The molecule has 1 aromatic carbocycles. The standard InChI is InChI=1S/C13H18N2O2/c14-11-7-4-8-12(11)15-13(16)17-9-10-5-2-1-3-6-10/h1-3,5-6,11-12H,4,7-9,14H2,(H,15,16). The lowest BCUT2D eigenvalue weighted by atomic mass is 10.2. The molecule has 0 spiro atoms. The van der Waals surface area contributed by atoms with Crippen LogP contribution in [0.1, 0.15) is 24.8 Å². The number of benzene rings is 1. The molecule has 1 saturated carbocycles. The van der Waals surface area contributed by atoms with E-state index in [0.29, 0.717) is 6.61 Å². The normalized spacial score (nSPS) is 23.4. The van der Waals surface area contributed by atoms with E-state index in [0.717, 1.165) is 24.8 Å². The van der Waals surface area contributed by atoms with Gasteiger partial charge in [0, 0.05) is 12.1 Å². The van der Waals surface area contributed by atoms with Gasteiger partial charge in [0.05, 0.1) is 0 Å². The van der Waals surface area contributed by atoms with Crippen LogP contribution in [0.25, 0.3) is 0 Å². The lowest BCUT2D eigenvalue weighted by molar-refractivity contribution is 0.135. The van der Waals surface area contributed by atoms with Crippen molar-refractivity contribution in [1.82, 2.24) is 5.32 Å². The Morgan fingerprint density at radius 1 is 1.35 bits per heavy atom. The summed E-state index contributed by atoms with van der Waals surface area (Å²) in [5.74, 6) is 0. The van der Waals surface area contributed by atoms with Crippen LogP contribution in [0.3, 0.4) is 0 Å². The van der Waals surface area contributed by atoms with Gasteiger partial charge < -0.3 is 15.8 Å². The molecule has 0 aliphatic heterocycles. The van der Waals surface area contributed by atoms with Gasteiger partial charge in [-0.3, -0.25) is 0 Å². The fourth-order valence-electron chi connectivity index (χ4n) is 2.08. The molecule has 3 N–H and O–H groups in total. The molecule has 0 radical (unpaired) electrons. The van der Waals surface area contributed by atoms with Crippen LogP contribution < -0.4 is 11.1 Å². The summed E-state index contributed by atoms with van der Waals surface area (Å²) in [5.41, 5.74) is 6.85. The van der Waals surface area contributed by atoms with Crippen LogP contribution in [0.2, 0.25) is 0 Å². The Bertz CT molecular complexity index is 367. The molecule has 0 aromatic heterocycles. The van der Waals surface area contributed by atoms with Crippen molar-refractivity contribution in [2.45, 2.75) is 38.0 Å². The Morgan fingerprint density at radius 2 is 2.12 bits per heavy atom. The van der Waals surface area contributed by atoms with E-state index in [4.69, 9.17) is 10.5 Å². The Labute approximate surface area is 101 Å². The van der Waals surface area contributed by atoms with E-state index in [2.05, 4.69) is 5.32 Å². The second kappa shape index (κ2) is 5.68. The summed E-state index contributed by atoms with van der Waals surface area (Å²) in [5, 5.41) is 2.81. The molecule has 4 heteroatoms. The van der Waals surface area contributed by atoms with Gasteiger partial charge in [-0.05, 0) is 24.8 Å². The van der Waals surface area contributed by atoms with E-state index >= 15 is 0 Å². The van der Waals surface area contributed by atoms with Crippen molar-refractivity contribution in [3.05, 3.63) is 35.9 Å². The number of ether oxygens (including phenoxy) is 1. The van der Waals surface area contributed by atoms with Crippen molar-refractivity contribution in [2.75, 3.05) is 0 Å². The van der Waals surface area contributed by atoms with Crippen LogP contribution in [0.4, 0.5) is 4.79 Å². The van der Waals surface area contributed by atoms with Crippen molar-refractivity contribution >= 4 is 6.09 Å². The van der Waals surface area contributed by atoms with E-state index in [1.165, 1.54) is 0 Å². The maximum absolute atomic E-state index is 11.5. The number of nitrogens with one attached hydrogen (secondary N) is 1. The lowest BCUT2D eigenvalue weighted by Crippen LogP contribution is -2.44. The first-order chi connectivity index (χ1) is 8.25. The van der Waals surface area contributed by atoms with Crippen LogP contribution in [0.15, 0.2) is 30.3 Å². The number of carbonyl (C=O) groups is 1. The smallest absolute Gasteiger partial charge is 0.407 e. The number of amides is 1. The second-order valence-electron chi connectivity index (χ2n) is 4.41. The number of rotatable bonds is 3. The fourth-order valence-corrected chi connectivity index (χ4v) is 2.08. The molecule has 4 nitrogen and oxygen atoms in total. The lowest BCUT2D eigenvalue weighted by Gasteiger charge is -2.16. The molecule has 1 aromatic rings. The number of carbonyl (C=O) groups excluding carboxylic acids is 1. The summed E-state index contributed by atoms with van der Waals surface area (Å²) in [7, 11) is 0. The fraction of sp³-hybridized carbons (Fsp3) is 0.462. The third-order valence-electron chi connectivity index (χ3n) is 3.09. The highest BCUT2D eigenvalue weighted by Gasteiger charge is 2.25. The zero-order valence-electron chi connectivity index (χ0n) is 9.76. The second-order valence-corrected chi connectivity index (χ2v) is 4.41. The molecule has 92 valence electrons. The van der Waals surface area contributed by atoms with Gasteiger partial charge in [0.25, 0.3) is 0 Å². The van der Waals surface area contributed by atoms with Gasteiger partial charge in [-0.2, -0.15) is 0 Å². The first kappa shape index (κ1) is 11.9. The average Bonchev–Trinajstić information content (AvgIpc) is 2.74. The number of hydrogen-bond acceptors (Lipinski definition) is 3. The summed E-state index contributed by atoms with van der Waals surface area (Å²) in [6, 6.07) is 9.76. The van der Waals surface area contributed by atoms with E-state index in [-0.39, 0.29) is 18.2 Å². The Morgan fingerprint density at radius 3 is 2.76 bits per heavy atom. The first-order valence-electron chi connectivity index (χ1n) is 5.98. The van der Waals surface area contributed by atoms with E-state index in [1.807, 2.05) is 30.3 Å². The van der Waals surface area contributed by atoms with Gasteiger partial charge in [-0.25, -0.2) is 4.79 Å². The highest BCUT2D eigenvalue weighted by atomic mass is 16.5. The monoisotopic (exact) mass is 234 g/mol. The molecule has 0 bridgehead atoms. The van der Waals surface area contributed by atoms with Crippen molar-refractivity contribution in [3.63, 3.8) is 0 Å². The molecule has 0 saturated heterocycles.